The molecule has 2 amide bonds. The van der Waals surface area contributed by atoms with Crippen LogP contribution in [0.3, 0.4) is 0 Å². The Morgan fingerprint density at radius 3 is 2.14 bits per heavy atom. The third-order valence-electron chi connectivity index (χ3n) is 7.53. The van der Waals surface area contributed by atoms with Crippen molar-refractivity contribution in [1.82, 2.24) is 14.5 Å². The van der Waals surface area contributed by atoms with Crippen molar-refractivity contribution in [1.29, 1.82) is 0 Å². The first-order chi connectivity index (χ1) is 19.8. The molecule has 0 unspecified atom stereocenters. The van der Waals surface area contributed by atoms with E-state index in [2.05, 4.69) is 5.32 Å². The van der Waals surface area contributed by atoms with Crippen LogP contribution in [0.1, 0.15) is 48.1 Å². The van der Waals surface area contributed by atoms with Crippen LogP contribution in [0, 0.1) is 20.8 Å². The van der Waals surface area contributed by atoms with Crippen LogP contribution in [0.25, 0.3) is 0 Å². The molecule has 0 aromatic heterocycles. The van der Waals surface area contributed by atoms with Crippen molar-refractivity contribution in [3.63, 3.8) is 0 Å². The van der Waals surface area contributed by atoms with Crippen molar-refractivity contribution in [2.24, 2.45) is 0 Å². The lowest BCUT2D eigenvalue weighted by Gasteiger charge is -2.35. The molecule has 1 N–H and O–H groups in total. The van der Waals surface area contributed by atoms with Crippen molar-refractivity contribution in [2.75, 3.05) is 24.9 Å². The predicted octanol–water partition coefficient (Wildman–Crippen LogP) is 4.78. The van der Waals surface area contributed by atoms with E-state index in [1.165, 1.54) is 19.0 Å². The third kappa shape index (κ3) is 8.20. The first kappa shape index (κ1) is 32.8. The molecule has 0 spiro atoms. The Balaban J connectivity index is 2.14. The molecule has 3 rings (SSSR count). The van der Waals surface area contributed by atoms with E-state index in [1.54, 1.807) is 6.07 Å². The summed E-state index contributed by atoms with van der Waals surface area (Å²) >= 11 is 0. The summed E-state index contributed by atoms with van der Waals surface area (Å²) in [4.78, 5) is 29.8. The number of nitrogens with zero attached hydrogens (tertiary/aromatic N) is 3. The van der Waals surface area contributed by atoms with Gasteiger partial charge in [-0.25, -0.2) is 4.31 Å². The van der Waals surface area contributed by atoms with Crippen LogP contribution in [-0.2, 0) is 32.8 Å². The Labute approximate surface area is 251 Å². The van der Waals surface area contributed by atoms with Crippen LogP contribution in [0.15, 0.2) is 72.8 Å². The molecule has 226 valence electrons. The molecule has 8 nitrogen and oxygen atoms in total. The molecule has 2 atom stereocenters. The highest BCUT2D eigenvalue weighted by atomic mass is 32.2. The molecular weight excluding hydrogens is 548 g/mol. The van der Waals surface area contributed by atoms with E-state index >= 15 is 0 Å². The summed E-state index contributed by atoms with van der Waals surface area (Å²) in [5, 5.41) is 3.06. The van der Waals surface area contributed by atoms with Gasteiger partial charge in [-0.05, 0) is 68.0 Å². The van der Waals surface area contributed by atoms with E-state index in [9.17, 15) is 18.0 Å². The highest BCUT2D eigenvalue weighted by Crippen LogP contribution is 2.26. The Kier molecular flexibility index (Phi) is 11.3. The number of carbonyl (C=O) groups is 2. The predicted molar refractivity (Wildman–Crippen MR) is 169 cm³/mol. The summed E-state index contributed by atoms with van der Waals surface area (Å²) in [5.74, 6) is -0.742. The highest BCUT2D eigenvalue weighted by molar-refractivity contribution is 7.90. The molecule has 0 aliphatic heterocycles. The van der Waals surface area contributed by atoms with Gasteiger partial charge >= 0.3 is 10.2 Å². The number of nitrogens with one attached hydrogen (secondary N) is 1. The number of carbonyl (C=O) groups excluding carboxylic acids is 2. The van der Waals surface area contributed by atoms with Crippen molar-refractivity contribution in [3.8, 4) is 0 Å². The zero-order valence-electron chi connectivity index (χ0n) is 25.8. The number of amides is 2. The summed E-state index contributed by atoms with van der Waals surface area (Å²) in [6.07, 6.45) is 1.02. The second kappa shape index (κ2) is 14.5. The zero-order valence-corrected chi connectivity index (χ0v) is 26.6. The SMILES string of the molecule is CC[C@H](C)NC(=O)[C@H](Cc1ccccc1)N(Cc1ccccc1C)C(=O)CN(c1cc(C)ccc1C)S(=O)(=O)N(C)C. The van der Waals surface area contributed by atoms with Gasteiger partial charge in [-0.2, -0.15) is 12.7 Å². The number of benzene rings is 3. The zero-order chi connectivity index (χ0) is 31.0. The van der Waals surface area contributed by atoms with Crippen LogP contribution >= 0.6 is 0 Å². The van der Waals surface area contributed by atoms with Crippen LogP contribution < -0.4 is 9.62 Å². The Morgan fingerprint density at radius 1 is 0.881 bits per heavy atom. The molecule has 42 heavy (non-hydrogen) atoms. The van der Waals surface area contributed by atoms with Crippen LogP contribution in [0.4, 0.5) is 5.69 Å². The number of aryl methyl sites for hydroxylation is 3. The normalized spacial score (nSPS) is 13.0. The van der Waals surface area contributed by atoms with Crippen LogP contribution in [0.2, 0.25) is 0 Å². The maximum Gasteiger partial charge on any atom is 0.304 e. The van der Waals surface area contributed by atoms with Gasteiger partial charge in [0.05, 0.1) is 5.69 Å². The number of rotatable bonds is 13. The summed E-state index contributed by atoms with van der Waals surface area (Å²) in [5.41, 5.74) is 4.78. The monoisotopic (exact) mass is 592 g/mol. The van der Waals surface area contributed by atoms with Crippen molar-refractivity contribution < 1.29 is 18.0 Å². The molecular formula is C33H44N4O4S. The third-order valence-corrected chi connectivity index (χ3v) is 9.33. The molecule has 3 aromatic rings. The Morgan fingerprint density at radius 2 is 1.52 bits per heavy atom. The van der Waals surface area contributed by atoms with Gasteiger partial charge in [0.25, 0.3) is 0 Å². The average molecular weight is 593 g/mol. The number of anilines is 1. The molecule has 0 fully saturated rings. The largest absolute Gasteiger partial charge is 0.352 e. The van der Waals surface area contributed by atoms with Gasteiger partial charge in [-0.3, -0.25) is 9.59 Å². The summed E-state index contributed by atoms with van der Waals surface area (Å²) in [7, 11) is -1.16. The minimum Gasteiger partial charge on any atom is -0.352 e. The molecule has 0 bridgehead atoms. The fraction of sp³-hybridized carbons (Fsp3) is 0.394. The molecule has 0 heterocycles. The summed E-state index contributed by atoms with van der Waals surface area (Å²) in [6.45, 7) is 9.27. The number of hydrogen-bond donors (Lipinski definition) is 1. The fourth-order valence-corrected chi connectivity index (χ4v) is 5.77. The van der Waals surface area contributed by atoms with Gasteiger partial charge in [-0.1, -0.05) is 73.7 Å². The van der Waals surface area contributed by atoms with Gasteiger partial charge in [0, 0.05) is 33.1 Å². The minimum atomic E-state index is -4.05. The lowest BCUT2D eigenvalue weighted by Crippen LogP contribution is -2.55. The van der Waals surface area contributed by atoms with E-state index in [-0.39, 0.29) is 24.9 Å². The van der Waals surface area contributed by atoms with E-state index in [0.29, 0.717) is 5.69 Å². The van der Waals surface area contributed by atoms with Crippen molar-refractivity contribution in [2.45, 2.75) is 66.1 Å². The van der Waals surface area contributed by atoms with E-state index in [1.807, 2.05) is 101 Å². The van der Waals surface area contributed by atoms with E-state index in [0.717, 1.165) is 42.8 Å². The maximum atomic E-state index is 14.4. The van der Waals surface area contributed by atoms with Crippen LogP contribution in [-0.4, -0.2) is 62.2 Å². The van der Waals surface area contributed by atoms with Crippen LogP contribution in [0.5, 0.6) is 0 Å². The van der Waals surface area contributed by atoms with E-state index in [4.69, 9.17) is 0 Å². The lowest BCUT2D eigenvalue weighted by atomic mass is 10.0. The standard InChI is InChI=1S/C33H44N4O4S/c1-8-27(5)34-33(39)31(21-28-15-10-9-11-16-28)36(22-29-17-13-12-14-25(29)3)32(38)23-37(42(40,41)35(6)7)30-20-24(2)18-19-26(30)4/h9-20,27,31H,8,21-23H2,1-7H3,(H,34,39)/t27-,31-/m0/s1. The van der Waals surface area contributed by atoms with Gasteiger partial charge in [0.2, 0.25) is 11.8 Å². The average Bonchev–Trinajstić information content (AvgIpc) is 2.96. The lowest BCUT2D eigenvalue weighted by molar-refractivity contribution is -0.140. The fourth-order valence-electron chi connectivity index (χ4n) is 4.66. The summed E-state index contributed by atoms with van der Waals surface area (Å²) < 4.78 is 29.5. The Bertz CT molecular complexity index is 1470. The minimum absolute atomic E-state index is 0.0910. The molecule has 0 saturated heterocycles. The second-order valence-electron chi connectivity index (χ2n) is 11.1. The van der Waals surface area contributed by atoms with Gasteiger partial charge in [0.15, 0.2) is 0 Å². The molecule has 0 radical (unpaired) electrons. The molecule has 0 aliphatic carbocycles. The topological polar surface area (TPSA) is 90.0 Å². The summed E-state index contributed by atoms with van der Waals surface area (Å²) in [6, 6.07) is 21.8. The second-order valence-corrected chi connectivity index (χ2v) is 13.1. The number of hydrogen-bond acceptors (Lipinski definition) is 4. The first-order valence-corrected chi connectivity index (χ1v) is 15.7. The Hall–Kier alpha value is -3.69. The quantitative estimate of drug-likeness (QED) is 0.309. The van der Waals surface area contributed by atoms with Gasteiger partial charge in [0.1, 0.15) is 12.6 Å². The highest BCUT2D eigenvalue weighted by Gasteiger charge is 2.35. The van der Waals surface area contributed by atoms with Gasteiger partial charge < -0.3 is 10.2 Å². The maximum absolute atomic E-state index is 14.4. The van der Waals surface area contributed by atoms with Crippen molar-refractivity contribution >= 4 is 27.7 Å². The first-order valence-electron chi connectivity index (χ1n) is 14.3. The smallest absolute Gasteiger partial charge is 0.304 e. The molecule has 0 saturated carbocycles. The van der Waals surface area contributed by atoms with E-state index < -0.39 is 28.7 Å². The molecule has 0 aliphatic rings. The van der Waals surface area contributed by atoms with Crippen molar-refractivity contribution in [3.05, 3.63) is 101 Å². The van der Waals surface area contributed by atoms with Gasteiger partial charge in [-0.15, -0.1) is 0 Å². The molecule has 9 heteroatoms. The molecule has 3 aromatic carbocycles.